The maximum Gasteiger partial charge on any atom is 0.270 e. The maximum absolute atomic E-state index is 13.7. The van der Waals surface area contributed by atoms with Crippen LogP contribution < -0.4 is 10.6 Å². The fraction of sp³-hybridized carbons (Fsp3) is 0.150. The van der Waals surface area contributed by atoms with E-state index in [1.807, 2.05) is 31.2 Å². The van der Waals surface area contributed by atoms with Gasteiger partial charge in [-0.15, -0.1) is 0 Å². The third kappa shape index (κ3) is 4.42. The molecule has 26 heavy (non-hydrogen) atoms. The van der Waals surface area contributed by atoms with Crippen LogP contribution in [0.3, 0.4) is 0 Å². The number of anilines is 1. The van der Waals surface area contributed by atoms with Crippen LogP contribution >= 0.6 is 0 Å². The molecular formula is C20H19FN4O. The molecule has 0 aliphatic rings. The molecule has 0 spiro atoms. The fourth-order valence-corrected chi connectivity index (χ4v) is 2.48. The molecule has 0 saturated heterocycles. The number of carbonyl (C=O) groups excluding carboxylic acids is 1. The zero-order valence-corrected chi connectivity index (χ0v) is 14.4. The van der Waals surface area contributed by atoms with Crippen LogP contribution in [-0.2, 0) is 13.1 Å². The van der Waals surface area contributed by atoms with Gasteiger partial charge in [-0.1, -0.05) is 42.5 Å². The van der Waals surface area contributed by atoms with Crippen molar-refractivity contribution < 1.29 is 9.18 Å². The molecule has 0 radical (unpaired) electrons. The lowest BCUT2D eigenvalue weighted by Gasteiger charge is -2.09. The molecule has 6 heteroatoms. The minimum Gasteiger partial charge on any atom is -0.366 e. The predicted octanol–water partition coefficient (Wildman–Crippen LogP) is 3.47. The molecule has 132 valence electrons. The monoisotopic (exact) mass is 350 g/mol. The Balaban J connectivity index is 1.62. The SMILES string of the molecule is Cc1ccccc1CNC(=O)c1cc(NCc2ccccc2F)ncn1. The number of benzene rings is 2. The van der Waals surface area contributed by atoms with Gasteiger partial charge in [0.05, 0.1) is 0 Å². The smallest absolute Gasteiger partial charge is 0.270 e. The first-order chi connectivity index (χ1) is 12.6. The fourth-order valence-electron chi connectivity index (χ4n) is 2.48. The molecule has 2 N–H and O–H groups in total. The number of aryl methyl sites for hydroxylation is 1. The van der Waals surface area contributed by atoms with Gasteiger partial charge in [-0.05, 0) is 24.1 Å². The van der Waals surface area contributed by atoms with Crippen LogP contribution in [0, 0.1) is 12.7 Å². The van der Waals surface area contributed by atoms with Crippen LogP contribution in [0.5, 0.6) is 0 Å². The quantitative estimate of drug-likeness (QED) is 0.714. The summed E-state index contributed by atoms with van der Waals surface area (Å²) in [6.07, 6.45) is 1.31. The Bertz CT molecular complexity index is 914. The van der Waals surface area contributed by atoms with Crippen molar-refractivity contribution in [1.29, 1.82) is 0 Å². The summed E-state index contributed by atoms with van der Waals surface area (Å²) in [5.74, 6) is -0.112. The van der Waals surface area contributed by atoms with Gasteiger partial charge in [-0.3, -0.25) is 4.79 Å². The van der Waals surface area contributed by atoms with E-state index in [4.69, 9.17) is 0 Å². The summed E-state index contributed by atoms with van der Waals surface area (Å²) >= 11 is 0. The zero-order valence-electron chi connectivity index (χ0n) is 14.4. The highest BCUT2D eigenvalue weighted by atomic mass is 19.1. The average molecular weight is 350 g/mol. The first-order valence-corrected chi connectivity index (χ1v) is 8.25. The summed E-state index contributed by atoms with van der Waals surface area (Å²) < 4.78 is 13.7. The molecule has 2 aromatic carbocycles. The Morgan fingerprint density at radius 2 is 1.73 bits per heavy atom. The number of nitrogens with one attached hydrogen (secondary N) is 2. The number of hydrogen-bond donors (Lipinski definition) is 2. The van der Waals surface area contributed by atoms with E-state index in [1.54, 1.807) is 24.3 Å². The third-order valence-electron chi connectivity index (χ3n) is 4.02. The van der Waals surface area contributed by atoms with E-state index < -0.39 is 0 Å². The number of halogens is 1. The number of aromatic nitrogens is 2. The first-order valence-electron chi connectivity index (χ1n) is 8.25. The molecule has 0 fully saturated rings. The highest BCUT2D eigenvalue weighted by Crippen LogP contribution is 2.11. The second-order valence-electron chi connectivity index (χ2n) is 5.84. The van der Waals surface area contributed by atoms with Crippen molar-refractivity contribution in [1.82, 2.24) is 15.3 Å². The summed E-state index contributed by atoms with van der Waals surface area (Å²) in [5, 5.41) is 5.86. The molecule has 5 nitrogen and oxygen atoms in total. The van der Waals surface area contributed by atoms with E-state index in [1.165, 1.54) is 12.4 Å². The van der Waals surface area contributed by atoms with Gasteiger partial charge in [0.1, 0.15) is 23.7 Å². The Labute approximate surface area is 151 Å². The molecular weight excluding hydrogens is 331 g/mol. The van der Waals surface area contributed by atoms with Crippen molar-refractivity contribution in [3.63, 3.8) is 0 Å². The number of nitrogens with zero attached hydrogens (tertiary/aromatic N) is 2. The van der Waals surface area contributed by atoms with Crippen LogP contribution in [0.2, 0.25) is 0 Å². The van der Waals surface area contributed by atoms with Gasteiger partial charge in [0.25, 0.3) is 5.91 Å². The lowest BCUT2D eigenvalue weighted by Crippen LogP contribution is -2.24. The maximum atomic E-state index is 13.7. The molecule has 0 saturated carbocycles. The summed E-state index contributed by atoms with van der Waals surface area (Å²) in [7, 11) is 0. The zero-order chi connectivity index (χ0) is 18.4. The molecule has 0 aliphatic carbocycles. The molecule has 3 aromatic rings. The lowest BCUT2D eigenvalue weighted by molar-refractivity contribution is 0.0945. The minimum absolute atomic E-state index is 0.254. The number of amides is 1. The van der Waals surface area contributed by atoms with Gasteiger partial charge in [-0.25, -0.2) is 14.4 Å². The summed E-state index contributed by atoms with van der Waals surface area (Å²) in [4.78, 5) is 20.4. The van der Waals surface area contributed by atoms with Crippen molar-refractivity contribution in [3.05, 3.63) is 89.1 Å². The van der Waals surface area contributed by atoms with Crippen LogP contribution in [0.1, 0.15) is 27.2 Å². The second kappa shape index (κ2) is 8.20. The summed E-state index contributed by atoms with van der Waals surface area (Å²) in [6, 6.07) is 15.9. The van der Waals surface area contributed by atoms with Crippen molar-refractivity contribution in [2.45, 2.75) is 20.0 Å². The van der Waals surface area contributed by atoms with Gasteiger partial charge in [0, 0.05) is 24.7 Å². The largest absolute Gasteiger partial charge is 0.366 e. The van der Waals surface area contributed by atoms with Crippen molar-refractivity contribution in [3.8, 4) is 0 Å². The number of rotatable bonds is 6. The minimum atomic E-state index is -0.287. The molecule has 3 rings (SSSR count). The van der Waals surface area contributed by atoms with E-state index in [2.05, 4.69) is 20.6 Å². The topological polar surface area (TPSA) is 66.9 Å². The molecule has 1 aromatic heterocycles. The Morgan fingerprint density at radius 3 is 2.50 bits per heavy atom. The predicted molar refractivity (Wildman–Crippen MR) is 98.1 cm³/mol. The van der Waals surface area contributed by atoms with E-state index in [9.17, 15) is 9.18 Å². The highest BCUT2D eigenvalue weighted by molar-refractivity contribution is 5.92. The van der Waals surface area contributed by atoms with E-state index in [-0.39, 0.29) is 24.0 Å². The molecule has 1 amide bonds. The first kappa shape index (κ1) is 17.5. The highest BCUT2D eigenvalue weighted by Gasteiger charge is 2.09. The van der Waals surface area contributed by atoms with Crippen molar-refractivity contribution >= 4 is 11.7 Å². The van der Waals surface area contributed by atoms with Gasteiger partial charge >= 0.3 is 0 Å². The van der Waals surface area contributed by atoms with E-state index in [0.29, 0.717) is 17.9 Å². The summed E-state index contributed by atoms with van der Waals surface area (Å²) in [6.45, 7) is 2.69. The Morgan fingerprint density at radius 1 is 1.00 bits per heavy atom. The van der Waals surface area contributed by atoms with Crippen molar-refractivity contribution in [2.24, 2.45) is 0 Å². The normalized spacial score (nSPS) is 10.4. The molecule has 0 atom stereocenters. The van der Waals surface area contributed by atoms with Crippen LogP contribution in [-0.4, -0.2) is 15.9 Å². The van der Waals surface area contributed by atoms with Crippen LogP contribution in [0.4, 0.5) is 10.2 Å². The average Bonchev–Trinajstić information content (AvgIpc) is 2.67. The third-order valence-corrected chi connectivity index (χ3v) is 4.02. The van der Waals surface area contributed by atoms with Gasteiger partial charge in [-0.2, -0.15) is 0 Å². The van der Waals surface area contributed by atoms with E-state index in [0.717, 1.165) is 11.1 Å². The van der Waals surface area contributed by atoms with Gasteiger partial charge < -0.3 is 10.6 Å². The van der Waals surface area contributed by atoms with Crippen LogP contribution in [0.15, 0.2) is 60.9 Å². The summed E-state index contributed by atoms with van der Waals surface area (Å²) in [5.41, 5.74) is 2.94. The lowest BCUT2D eigenvalue weighted by atomic mass is 10.1. The molecule has 0 bridgehead atoms. The molecule has 0 aliphatic heterocycles. The Kier molecular flexibility index (Phi) is 5.53. The van der Waals surface area contributed by atoms with Crippen LogP contribution in [0.25, 0.3) is 0 Å². The number of hydrogen-bond acceptors (Lipinski definition) is 4. The molecule has 0 unspecified atom stereocenters. The Hall–Kier alpha value is -3.28. The molecule has 1 heterocycles. The number of carbonyl (C=O) groups is 1. The van der Waals surface area contributed by atoms with Gasteiger partial charge in [0.15, 0.2) is 0 Å². The second-order valence-corrected chi connectivity index (χ2v) is 5.84. The van der Waals surface area contributed by atoms with Gasteiger partial charge in [0.2, 0.25) is 0 Å². The standard InChI is InChI=1S/C20H19FN4O/c1-14-6-2-3-7-15(14)11-23-20(26)18-10-19(25-13-24-18)22-12-16-8-4-5-9-17(16)21/h2-10,13H,11-12H2,1H3,(H,23,26)(H,22,24,25). The van der Waals surface area contributed by atoms with Crippen molar-refractivity contribution in [2.75, 3.05) is 5.32 Å². The van der Waals surface area contributed by atoms with E-state index >= 15 is 0 Å².